The van der Waals surface area contributed by atoms with Crippen molar-refractivity contribution < 1.29 is 24.6 Å². The number of nitrogens with one attached hydrogen (secondary N) is 2. The molecule has 10 nitrogen and oxygen atoms in total. The van der Waals surface area contributed by atoms with Gasteiger partial charge in [0.2, 0.25) is 5.91 Å². The topological polar surface area (TPSA) is 139 Å². The first kappa shape index (κ1) is 22.2. The highest BCUT2D eigenvalue weighted by Crippen LogP contribution is 2.29. The summed E-state index contributed by atoms with van der Waals surface area (Å²) in [5.74, 6) is -0.358. The molecule has 1 aliphatic heterocycles. The van der Waals surface area contributed by atoms with Crippen molar-refractivity contribution in [3.05, 3.63) is 17.0 Å². The van der Waals surface area contributed by atoms with E-state index in [-0.39, 0.29) is 24.2 Å². The highest BCUT2D eigenvalue weighted by molar-refractivity contribution is 5.94. The van der Waals surface area contributed by atoms with Gasteiger partial charge in [0.25, 0.3) is 12.4 Å². The molecule has 4 rings (SSSR count). The van der Waals surface area contributed by atoms with Crippen molar-refractivity contribution >= 4 is 18.3 Å². The van der Waals surface area contributed by atoms with Gasteiger partial charge in [0.05, 0.1) is 12.1 Å². The van der Waals surface area contributed by atoms with Gasteiger partial charge in [-0.05, 0) is 52.1 Å². The minimum atomic E-state index is -0.690. The van der Waals surface area contributed by atoms with E-state index < -0.39 is 12.1 Å². The summed E-state index contributed by atoms with van der Waals surface area (Å²) in [7, 11) is 2.07. The number of fused-ring (bicyclic) bond motifs is 1. The number of hydrogen-bond donors (Lipinski definition) is 4. The molecule has 0 bridgehead atoms. The van der Waals surface area contributed by atoms with Gasteiger partial charge in [-0.3, -0.25) is 19.5 Å². The second-order valence-corrected chi connectivity index (χ2v) is 8.29. The zero-order valence-electron chi connectivity index (χ0n) is 17.3. The number of aryl methyl sites for hydroxylation is 1. The summed E-state index contributed by atoms with van der Waals surface area (Å²) < 4.78 is 0. The zero-order valence-corrected chi connectivity index (χ0v) is 17.3. The molecule has 10 heteroatoms. The summed E-state index contributed by atoms with van der Waals surface area (Å²) in [6, 6.07) is -0.394. The SMILES string of the molecule is CN1CCCN(C(=O)[C@@H]2C[C@@H](O)[C@H](NC(=O)c3n[nH]c4c3CCC4)C2)CC1.O=CO. The maximum absolute atomic E-state index is 12.9. The predicted octanol–water partition coefficient (Wildman–Crippen LogP) is -0.367. The van der Waals surface area contributed by atoms with E-state index >= 15 is 0 Å². The van der Waals surface area contributed by atoms with E-state index in [2.05, 4.69) is 27.5 Å². The van der Waals surface area contributed by atoms with Crippen LogP contribution in [0.15, 0.2) is 0 Å². The molecule has 2 fully saturated rings. The molecule has 0 spiro atoms. The quantitative estimate of drug-likeness (QED) is 0.489. The van der Waals surface area contributed by atoms with Crippen molar-refractivity contribution in [2.24, 2.45) is 5.92 Å². The van der Waals surface area contributed by atoms with Gasteiger partial charge in [-0.25, -0.2) is 0 Å². The fraction of sp³-hybridized carbons (Fsp3) is 0.700. The Hall–Kier alpha value is -2.46. The first-order valence-corrected chi connectivity index (χ1v) is 10.5. The number of aliphatic hydroxyl groups is 1. The van der Waals surface area contributed by atoms with E-state index in [1.165, 1.54) is 0 Å². The molecule has 2 heterocycles. The van der Waals surface area contributed by atoms with Gasteiger partial charge in [0.1, 0.15) is 0 Å². The minimum absolute atomic E-state index is 0.113. The number of hydrogen-bond acceptors (Lipinski definition) is 6. The summed E-state index contributed by atoms with van der Waals surface area (Å²) in [4.78, 5) is 38.0. The predicted molar refractivity (Wildman–Crippen MR) is 108 cm³/mol. The average molecular weight is 421 g/mol. The third-order valence-electron chi connectivity index (χ3n) is 6.25. The minimum Gasteiger partial charge on any atom is -0.483 e. The summed E-state index contributed by atoms with van der Waals surface area (Å²) in [6.45, 7) is 3.14. The first-order valence-electron chi connectivity index (χ1n) is 10.5. The van der Waals surface area contributed by atoms with Gasteiger partial charge in [-0.2, -0.15) is 5.10 Å². The Balaban J connectivity index is 0.000000806. The number of aliphatic hydroxyl groups excluding tert-OH is 1. The van der Waals surface area contributed by atoms with Crippen molar-refractivity contribution in [2.45, 2.75) is 50.7 Å². The van der Waals surface area contributed by atoms with E-state index in [9.17, 15) is 14.7 Å². The molecule has 1 aromatic rings. The Morgan fingerprint density at radius 1 is 1.17 bits per heavy atom. The molecule has 166 valence electrons. The summed E-state index contributed by atoms with van der Waals surface area (Å²) >= 11 is 0. The lowest BCUT2D eigenvalue weighted by Gasteiger charge is -2.24. The van der Waals surface area contributed by atoms with Crippen LogP contribution in [0.3, 0.4) is 0 Å². The van der Waals surface area contributed by atoms with Gasteiger partial charge in [-0.1, -0.05) is 0 Å². The van der Waals surface area contributed by atoms with Crippen LogP contribution in [-0.4, -0.2) is 93.9 Å². The Kier molecular flexibility index (Phi) is 7.43. The van der Waals surface area contributed by atoms with Crippen LogP contribution in [-0.2, 0) is 22.4 Å². The number of aromatic nitrogens is 2. The van der Waals surface area contributed by atoms with Crippen LogP contribution in [0.1, 0.15) is 47.4 Å². The second kappa shape index (κ2) is 10.0. The van der Waals surface area contributed by atoms with Gasteiger partial charge < -0.3 is 25.3 Å². The summed E-state index contributed by atoms with van der Waals surface area (Å²) in [5, 5.41) is 27.3. The van der Waals surface area contributed by atoms with Crippen molar-refractivity contribution in [3.8, 4) is 0 Å². The molecule has 3 aliphatic rings. The molecule has 2 amide bonds. The molecule has 0 unspecified atom stereocenters. The molecule has 1 aromatic heterocycles. The number of aromatic amines is 1. The molecule has 4 N–H and O–H groups in total. The highest BCUT2D eigenvalue weighted by atomic mass is 16.3. The molecule has 2 aliphatic carbocycles. The van der Waals surface area contributed by atoms with Gasteiger partial charge in [0, 0.05) is 36.8 Å². The van der Waals surface area contributed by atoms with Crippen LogP contribution >= 0.6 is 0 Å². The summed E-state index contributed by atoms with van der Waals surface area (Å²) in [6.07, 6.45) is 4.03. The largest absolute Gasteiger partial charge is 0.483 e. The van der Waals surface area contributed by atoms with Gasteiger partial charge >= 0.3 is 0 Å². The standard InChI is InChI=1S/C19H29N5O3.CH2O2/c1-23-6-3-7-24(9-8-23)19(27)12-10-15(16(25)11-12)20-18(26)17-13-4-2-5-14(13)21-22-17;2-1-3/h12,15-16,25H,2-11H2,1H3,(H,20,26)(H,21,22);1H,(H,2,3)/t12-,15+,16+;/m0./s1. The Morgan fingerprint density at radius 3 is 2.70 bits per heavy atom. The van der Waals surface area contributed by atoms with E-state index in [1.54, 1.807) is 0 Å². The second-order valence-electron chi connectivity index (χ2n) is 8.29. The van der Waals surface area contributed by atoms with Crippen molar-refractivity contribution in [3.63, 3.8) is 0 Å². The Morgan fingerprint density at radius 2 is 1.93 bits per heavy atom. The number of carbonyl (C=O) groups is 3. The smallest absolute Gasteiger partial charge is 0.290 e. The molecular weight excluding hydrogens is 390 g/mol. The Labute approximate surface area is 175 Å². The molecule has 1 saturated carbocycles. The van der Waals surface area contributed by atoms with E-state index in [1.807, 2.05) is 4.90 Å². The number of rotatable bonds is 3. The van der Waals surface area contributed by atoms with Crippen LogP contribution in [0.25, 0.3) is 0 Å². The van der Waals surface area contributed by atoms with Crippen LogP contribution in [0.4, 0.5) is 0 Å². The first-order chi connectivity index (χ1) is 14.4. The molecule has 30 heavy (non-hydrogen) atoms. The monoisotopic (exact) mass is 421 g/mol. The van der Waals surface area contributed by atoms with Crippen LogP contribution in [0.5, 0.6) is 0 Å². The van der Waals surface area contributed by atoms with E-state index in [0.717, 1.165) is 63.1 Å². The van der Waals surface area contributed by atoms with Crippen LogP contribution in [0, 0.1) is 5.92 Å². The van der Waals surface area contributed by atoms with Gasteiger partial charge in [-0.15, -0.1) is 0 Å². The van der Waals surface area contributed by atoms with Crippen LogP contribution < -0.4 is 5.32 Å². The van der Waals surface area contributed by atoms with Crippen molar-refractivity contribution in [1.82, 2.24) is 25.3 Å². The van der Waals surface area contributed by atoms with Crippen molar-refractivity contribution in [2.75, 3.05) is 33.2 Å². The number of likely N-dealkylation sites (N-methyl/N-ethyl adjacent to an activating group) is 1. The lowest BCUT2D eigenvalue weighted by atomic mass is 10.1. The third-order valence-corrected chi connectivity index (χ3v) is 6.25. The maximum atomic E-state index is 12.9. The van der Waals surface area contributed by atoms with Crippen molar-refractivity contribution in [1.29, 1.82) is 0 Å². The molecule has 3 atom stereocenters. The normalized spacial score (nSPS) is 26.3. The average Bonchev–Trinajstić information content (AvgIpc) is 3.37. The number of carbonyl (C=O) groups excluding carboxylic acids is 2. The Bertz CT molecular complexity index is 767. The fourth-order valence-electron chi connectivity index (χ4n) is 4.64. The molecule has 0 radical (unpaired) electrons. The lowest BCUT2D eigenvalue weighted by molar-refractivity contribution is -0.135. The van der Waals surface area contributed by atoms with E-state index in [4.69, 9.17) is 9.90 Å². The third kappa shape index (κ3) is 4.99. The molecule has 0 aromatic carbocycles. The number of H-pyrrole nitrogens is 1. The molecular formula is C20H31N5O5. The number of nitrogens with zero attached hydrogens (tertiary/aromatic N) is 3. The van der Waals surface area contributed by atoms with Crippen LogP contribution in [0.2, 0.25) is 0 Å². The van der Waals surface area contributed by atoms with Gasteiger partial charge in [0.15, 0.2) is 5.69 Å². The summed E-state index contributed by atoms with van der Waals surface area (Å²) in [5.41, 5.74) is 2.49. The fourth-order valence-corrected chi connectivity index (χ4v) is 4.64. The highest BCUT2D eigenvalue weighted by Gasteiger charge is 2.40. The lowest BCUT2D eigenvalue weighted by Crippen LogP contribution is -2.41. The number of carboxylic acid groups (broad SMARTS) is 1. The number of amides is 2. The zero-order chi connectivity index (χ0) is 21.7. The maximum Gasteiger partial charge on any atom is 0.290 e. The molecule has 1 saturated heterocycles. The van der Waals surface area contributed by atoms with E-state index in [0.29, 0.717) is 18.5 Å².